The molecule has 0 amide bonds. The van der Waals surface area contributed by atoms with Crippen molar-refractivity contribution < 1.29 is 7.31 Å². The van der Waals surface area contributed by atoms with E-state index in [9.17, 15) is 4.57 Å². The molecule has 0 fully saturated rings. The average molecular weight is 314 g/mol. The van der Waals surface area contributed by atoms with Gasteiger partial charge in [0, 0.05) is 12.0 Å². The Morgan fingerprint density at radius 3 is 2.09 bits per heavy atom. The van der Waals surface area contributed by atoms with Gasteiger partial charge in [0.2, 0.25) is 0 Å². The fourth-order valence-electron chi connectivity index (χ4n) is 2.40. The monoisotopic (exact) mass is 314 g/mol. The zero-order valence-electron chi connectivity index (χ0n) is 15.2. The Hall–Kier alpha value is -1.59. The maximum absolute atomic E-state index is 14.1. The minimum Gasteiger partial charge on any atom is -0.309 e. The van der Waals surface area contributed by atoms with Crippen molar-refractivity contribution >= 4 is 17.8 Å². The van der Waals surface area contributed by atoms with Crippen molar-refractivity contribution in [1.29, 1.82) is 0 Å². The van der Waals surface area contributed by atoms with E-state index in [-0.39, 0.29) is 12.7 Å². The third-order valence-corrected chi connectivity index (χ3v) is 6.37. The van der Waals surface area contributed by atoms with E-state index in [1.165, 1.54) is 0 Å². The smallest absolute Gasteiger partial charge is 0.164 e. The fraction of sp³-hybridized carbons (Fsp3) is 0.300. The summed E-state index contributed by atoms with van der Waals surface area (Å²) in [6.45, 7) is 2.33. The van der Waals surface area contributed by atoms with Crippen LogP contribution in [0.1, 0.15) is 42.2 Å². The lowest BCUT2D eigenvalue weighted by Gasteiger charge is -2.17. The lowest BCUT2D eigenvalue weighted by Crippen LogP contribution is -2.14. The zero-order valence-corrected chi connectivity index (χ0v) is 14.1. The van der Waals surface area contributed by atoms with Crippen LogP contribution in [0.4, 0.5) is 0 Å². The molecule has 0 N–H and O–H groups in total. The summed E-state index contributed by atoms with van der Waals surface area (Å²) in [5.41, 5.74) is 0.864. The van der Waals surface area contributed by atoms with Crippen LogP contribution in [0.3, 0.4) is 0 Å². The largest absolute Gasteiger partial charge is 0.309 e. The Labute approximate surface area is 137 Å². The summed E-state index contributed by atoms with van der Waals surface area (Å²) in [6.07, 6.45) is 3.25. The summed E-state index contributed by atoms with van der Waals surface area (Å²) in [5.74, 6) is 0.223. The SMILES string of the molecule is [2H]CC/C(CCCC)=C(\[2H])P(=O)(c1ccccc1)c1ccccc1. The van der Waals surface area contributed by atoms with Gasteiger partial charge in [-0.1, -0.05) is 86.5 Å². The van der Waals surface area contributed by atoms with E-state index < -0.39 is 7.14 Å². The molecule has 0 bridgehead atoms. The van der Waals surface area contributed by atoms with Gasteiger partial charge in [0.1, 0.15) is 0 Å². The highest BCUT2D eigenvalue weighted by Crippen LogP contribution is 2.46. The number of hydrogen-bond donors (Lipinski definition) is 0. The van der Waals surface area contributed by atoms with E-state index in [1.54, 1.807) is 0 Å². The summed E-state index contributed by atoms with van der Waals surface area (Å²) < 4.78 is 30.4. The van der Waals surface area contributed by atoms with Gasteiger partial charge in [-0.3, -0.25) is 0 Å². The molecule has 0 saturated heterocycles. The van der Waals surface area contributed by atoms with E-state index in [2.05, 4.69) is 6.92 Å². The van der Waals surface area contributed by atoms with Crippen molar-refractivity contribution in [2.75, 3.05) is 0 Å². The highest BCUT2D eigenvalue weighted by Gasteiger charge is 2.24. The number of rotatable bonds is 7. The molecule has 1 nitrogen and oxygen atoms in total. The Morgan fingerprint density at radius 1 is 1.09 bits per heavy atom. The van der Waals surface area contributed by atoms with Gasteiger partial charge >= 0.3 is 0 Å². The maximum Gasteiger partial charge on any atom is 0.164 e. The molecule has 0 aliphatic carbocycles. The Kier molecular flexibility index (Phi) is 5.20. The molecule has 2 rings (SSSR count). The fourth-order valence-corrected chi connectivity index (χ4v) is 4.81. The van der Waals surface area contributed by atoms with Crippen molar-refractivity contribution in [2.45, 2.75) is 39.5 Å². The standard InChI is InChI=1S/C20H25OP/c1-3-5-12-18(4-2)17-22(21,19-13-8-6-9-14-19)20-15-10-7-11-16-20/h6-11,13-17H,3-5,12H2,1-2H3/b18-17-/i2D,17D. The lowest BCUT2D eigenvalue weighted by molar-refractivity contribution is 0.591. The summed E-state index contributed by atoms with van der Waals surface area (Å²) in [5, 5.41) is 1.39. The van der Waals surface area contributed by atoms with Gasteiger partial charge in [0.15, 0.2) is 7.14 Å². The molecular weight excluding hydrogens is 287 g/mol. The lowest BCUT2D eigenvalue weighted by atomic mass is 10.1. The van der Waals surface area contributed by atoms with Crippen LogP contribution >= 0.6 is 7.14 Å². The summed E-state index contributed by atoms with van der Waals surface area (Å²) in [7, 11) is -3.18. The number of benzene rings is 2. The molecule has 0 saturated carbocycles. The normalized spacial score (nSPS) is 14.0. The summed E-state index contributed by atoms with van der Waals surface area (Å²) >= 11 is 0. The van der Waals surface area contributed by atoms with Gasteiger partial charge in [-0.2, -0.15) is 0 Å². The van der Waals surface area contributed by atoms with Crippen LogP contribution in [0.5, 0.6) is 0 Å². The van der Waals surface area contributed by atoms with Crippen LogP contribution in [-0.2, 0) is 4.57 Å². The maximum atomic E-state index is 14.1. The third-order valence-electron chi connectivity index (χ3n) is 3.69. The van der Waals surface area contributed by atoms with Gasteiger partial charge in [-0.05, 0) is 25.1 Å². The van der Waals surface area contributed by atoms with Crippen molar-refractivity contribution in [2.24, 2.45) is 0 Å². The predicted molar refractivity (Wildman–Crippen MR) is 97.7 cm³/mol. The topological polar surface area (TPSA) is 17.1 Å². The first-order valence-electron chi connectivity index (χ1n) is 9.05. The first kappa shape index (κ1) is 14.0. The third kappa shape index (κ3) is 3.99. The predicted octanol–water partition coefficient (Wildman–Crippen LogP) is 5.48. The molecule has 2 aromatic rings. The minimum atomic E-state index is -3.18. The molecule has 0 spiro atoms. The van der Waals surface area contributed by atoms with E-state index in [0.29, 0.717) is 17.0 Å². The van der Waals surface area contributed by atoms with Gasteiger partial charge in [0.25, 0.3) is 0 Å². The molecule has 22 heavy (non-hydrogen) atoms. The second-order valence-electron chi connectivity index (χ2n) is 5.35. The Morgan fingerprint density at radius 2 is 1.64 bits per heavy atom. The molecule has 116 valence electrons. The van der Waals surface area contributed by atoms with Crippen LogP contribution in [0.15, 0.2) is 72.0 Å². The van der Waals surface area contributed by atoms with E-state index in [0.717, 1.165) is 24.8 Å². The minimum absolute atomic E-state index is 0.223. The van der Waals surface area contributed by atoms with E-state index in [1.807, 2.05) is 60.7 Å². The molecule has 0 aromatic heterocycles. The van der Waals surface area contributed by atoms with E-state index >= 15 is 0 Å². The van der Waals surface area contributed by atoms with Crippen LogP contribution in [-0.4, -0.2) is 0 Å². The van der Waals surface area contributed by atoms with E-state index in [4.69, 9.17) is 2.74 Å². The Balaban J connectivity index is 2.63. The van der Waals surface area contributed by atoms with Gasteiger partial charge in [-0.25, -0.2) is 0 Å². The quantitative estimate of drug-likeness (QED) is 0.618. The van der Waals surface area contributed by atoms with Crippen LogP contribution in [0.2, 0.25) is 0 Å². The van der Waals surface area contributed by atoms with Crippen molar-refractivity contribution in [3.8, 4) is 0 Å². The molecule has 0 atom stereocenters. The Bertz CT molecular complexity index is 667. The van der Waals surface area contributed by atoms with Crippen LogP contribution < -0.4 is 10.6 Å². The van der Waals surface area contributed by atoms with Crippen LogP contribution in [0.25, 0.3) is 0 Å². The molecule has 0 radical (unpaired) electrons. The first-order chi connectivity index (χ1) is 11.6. The van der Waals surface area contributed by atoms with Crippen molar-refractivity contribution in [1.82, 2.24) is 0 Å². The van der Waals surface area contributed by atoms with Crippen molar-refractivity contribution in [3.63, 3.8) is 0 Å². The summed E-state index contributed by atoms with van der Waals surface area (Å²) in [6, 6.07) is 18.7. The van der Waals surface area contributed by atoms with Gasteiger partial charge in [0.05, 0.1) is 1.37 Å². The first-order valence-corrected chi connectivity index (χ1v) is 9.55. The highest BCUT2D eigenvalue weighted by atomic mass is 31.2. The second-order valence-corrected chi connectivity index (χ2v) is 7.82. The average Bonchev–Trinajstić information content (AvgIpc) is 2.65. The summed E-state index contributed by atoms with van der Waals surface area (Å²) in [4.78, 5) is 0. The number of unbranched alkanes of at least 4 members (excludes halogenated alkanes) is 1. The molecule has 0 heterocycles. The molecular formula is C20H25OP. The molecule has 0 aliphatic heterocycles. The van der Waals surface area contributed by atoms with Crippen LogP contribution in [0, 0.1) is 0 Å². The number of hydrogen-bond acceptors (Lipinski definition) is 1. The highest BCUT2D eigenvalue weighted by molar-refractivity contribution is 7.81. The molecule has 2 aromatic carbocycles. The van der Waals surface area contributed by atoms with Gasteiger partial charge < -0.3 is 4.57 Å². The zero-order chi connectivity index (χ0) is 17.4. The molecule has 2 heteroatoms. The molecule has 0 aliphatic rings. The number of allylic oxidation sites excluding steroid dienone is 1. The second kappa shape index (κ2) is 8.15. The van der Waals surface area contributed by atoms with Crippen molar-refractivity contribution in [3.05, 3.63) is 72.0 Å². The van der Waals surface area contributed by atoms with Gasteiger partial charge in [-0.15, -0.1) is 0 Å². The molecule has 0 unspecified atom stereocenters.